The predicted octanol–water partition coefficient (Wildman–Crippen LogP) is 8.92. The van der Waals surface area contributed by atoms with Gasteiger partial charge in [-0.15, -0.1) is 5.10 Å². The number of pyridine rings is 1. The van der Waals surface area contributed by atoms with Crippen LogP contribution in [0.5, 0.6) is 0 Å². The summed E-state index contributed by atoms with van der Waals surface area (Å²) in [6.45, 7) is 8.74. The van der Waals surface area contributed by atoms with E-state index in [0.717, 1.165) is 48.6 Å². The van der Waals surface area contributed by atoms with Gasteiger partial charge < -0.3 is 15.2 Å². The van der Waals surface area contributed by atoms with Crippen molar-refractivity contribution < 1.29 is 4.39 Å². The van der Waals surface area contributed by atoms with E-state index in [1.54, 1.807) is 12.3 Å². The summed E-state index contributed by atoms with van der Waals surface area (Å²) in [6, 6.07) is 18.2. The molecule has 0 saturated carbocycles. The van der Waals surface area contributed by atoms with Gasteiger partial charge in [-0.05, 0) is 75.6 Å². The number of halogens is 3. The van der Waals surface area contributed by atoms with Gasteiger partial charge in [0.2, 0.25) is 0 Å². The number of nitrogens with one attached hydrogen (secondary N) is 2. The van der Waals surface area contributed by atoms with Crippen molar-refractivity contribution in [3.63, 3.8) is 0 Å². The normalized spacial score (nSPS) is 14.8. The van der Waals surface area contributed by atoms with Crippen molar-refractivity contribution >= 4 is 51.2 Å². The molecule has 1 atom stereocenters. The lowest BCUT2D eigenvalue weighted by molar-refractivity contribution is 0.0866. The van der Waals surface area contributed by atoms with Gasteiger partial charge in [0.15, 0.2) is 0 Å². The molecular formula is C38H37Cl2FN10. The van der Waals surface area contributed by atoms with Crippen LogP contribution in [0.25, 0.3) is 22.3 Å². The number of benzene rings is 3. The molecule has 0 bridgehead atoms. The summed E-state index contributed by atoms with van der Waals surface area (Å²) >= 11 is 13.0. The first-order chi connectivity index (χ1) is 24.5. The maximum Gasteiger partial charge on any atom is 0.141 e. The average Bonchev–Trinajstić information content (AvgIpc) is 3.78. The standard InChI is InChI=1S/C38H37Cl2FN10/c1-38(2,3)50-13-10-28(11-14-50)51-22-33(47-48-51)35(23-6-5-7-24(16-23)37-43-12-15-49(37)4)46-27-17-29-34(45-26-8-9-32(41)30(39)18-26)25(20-42)21-44-36(29)31(40)19-27/h5-9,12,15-19,21-22,28,35,46H,10-11,13-14H2,1-4H3,(H,44,45)/t35-/m0/s1. The van der Waals surface area contributed by atoms with Crippen molar-refractivity contribution in [1.82, 2.24) is 34.4 Å². The fourth-order valence-corrected chi connectivity index (χ4v) is 7.13. The summed E-state index contributed by atoms with van der Waals surface area (Å²) in [5.41, 5.74) is 5.20. The Bertz CT molecular complexity index is 2260. The molecule has 0 spiro atoms. The number of aryl methyl sites for hydroxylation is 1. The number of fused-ring (bicyclic) bond motifs is 1. The minimum atomic E-state index is -0.540. The lowest BCUT2D eigenvalue weighted by Crippen LogP contribution is -2.46. The highest BCUT2D eigenvalue weighted by molar-refractivity contribution is 6.36. The molecule has 3 aromatic carbocycles. The first-order valence-electron chi connectivity index (χ1n) is 16.7. The highest BCUT2D eigenvalue weighted by Crippen LogP contribution is 2.38. The van der Waals surface area contributed by atoms with Crippen LogP contribution in [0.3, 0.4) is 0 Å². The van der Waals surface area contributed by atoms with E-state index >= 15 is 0 Å². The van der Waals surface area contributed by atoms with Crippen LogP contribution < -0.4 is 10.6 Å². The molecule has 2 N–H and O–H groups in total. The van der Waals surface area contributed by atoms with Crippen molar-refractivity contribution in [2.24, 2.45) is 7.05 Å². The van der Waals surface area contributed by atoms with Crippen molar-refractivity contribution in [2.45, 2.75) is 51.2 Å². The summed E-state index contributed by atoms with van der Waals surface area (Å²) in [5.74, 6) is 0.299. The van der Waals surface area contributed by atoms with Gasteiger partial charge in [0.25, 0.3) is 0 Å². The minimum absolute atomic E-state index is 0.0410. The average molecular weight is 724 g/mol. The molecule has 1 fully saturated rings. The zero-order valence-electron chi connectivity index (χ0n) is 28.7. The van der Waals surface area contributed by atoms with Crippen LogP contribution in [0.1, 0.15) is 62.5 Å². The third kappa shape index (κ3) is 7.13. The van der Waals surface area contributed by atoms with E-state index in [4.69, 9.17) is 28.3 Å². The van der Waals surface area contributed by atoms with Crippen LogP contribution in [0.2, 0.25) is 10.0 Å². The molecule has 1 aliphatic rings. The van der Waals surface area contributed by atoms with E-state index in [0.29, 0.717) is 33.0 Å². The number of aromatic nitrogens is 6. The van der Waals surface area contributed by atoms with E-state index in [-0.39, 0.29) is 22.2 Å². The molecule has 0 radical (unpaired) electrons. The highest BCUT2D eigenvalue weighted by Gasteiger charge is 2.29. The fourth-order valence-electron chi connectivity index (χ4n) is 6.68. The van der Waals surface area contributed by atoms with Gasteiger partial charge in [0, 0.05) is 66.6 Å². The second-order valence-corrected chi connectivity index (χ2v) is 14.7. The quantitative estimate of drug-likeness (QED) is 0.160. The summed E-state index contributed by atoms with van der Waals surface area (Å²) in [4.78, 5) is 11.6. The number of rotatable bonds is 8. The molecule has 0 aliphatic carbocycles. The molecule has 7 rings (SSSR count). The second-order valence-electron chi connectivity index (χ2n) is 13.8. The van der Waals surface area contributed by atoms with Crippen molar-refractivity contribution in [3.8, 4) is 17.5 Å². The summed E-state index contributed by atoms with van der Waals surface area (Å²) in [5, 5.41) is 27.2. The number of nitrogens with zero attached hydrogens (tertiary/aromatic N) is 8. The van der Waals surface area contributed by atoms with Crippen LogP contribution in [0.4, 0.5) is 21.5 Å². The molecule has 6 aromatic rings. The fraction of sp³-hybridized carbons (Fsp3) is 0.289. The van der Waals surface area contributed by atoms with Crippen molar-refractivity contribution in [2.75, 3.05) is 23.7 Å². The molecule has 1 aliphatic heterocycles. The lowest BCUT2D eigenvalue weighted by atomic mass is 9.98. The summed E-state index contributed by atoms with van der Waals surface area (Å²) in [6.07, 6.45) is 9.16. The SMILES string of the molecule is Cn1ccnc1-c1cccc([C@H](Nc2cc(Cl)c3ncc(C#N)c(Nc4ccc(F)c(Cl)c4)c3c2)c2cn(C3CCN(C(C)(C)C)CC3)nn2)c1. The van der Waals surface area contributed by atoms with E-state index < -0.39 is 11.9 Å². The van der Waals surface area contributed by atoms with E-state index in [2.05, 4.69) is 63.6 Å². The van der Waals surface area contributed by atoms with Gasteiger partial charge >= 0.3 is 0 Å². The number of nitriles is 1. The second kappa shape index (κ2) is 13.9. The Morgan fingerprint density at radius 2 is 1.78 bits per heavy atom. The topological polar surface area (TPSA) is 113 Å². The van der Waals surface area contributed by atoms with Crippen LogP contribution >= 0.6 is 23.2 Å². The van der Waals surface area contributed by atoms with Crippen molar-refractivity contribution in [1.29, 1.82) is 5.26 Å². The largest absolute Gasteiger partial charge is 0.373 e. The number of piperidine rings is 1. The monoisotopic (exact) mass is 722 g/mol. The van der Waals surface area contributed by atoms with Crippen LogP contribution in [0, 0.1) is 17.1 Å². The van der Waals surface area contributed by atoms with Crippen LogP contribution in [-0.4, -0.2) is 53.1 Å². The molecule has 0 unspecified atom stereocenters. The van der Waals surface area contributed by atoms with Crippen LogP contribution in [0.15, 0.2) is 79.4 Å². The molecule has 0 amide bonds. The Morgan fingerprint density at radius 3 is 2.49 bits per heavy atom. The lowest BCUT2D eigenvalue weighted by Gasteiger charge is -2.40. The Kier molecular flexibility index (Phi) is 9.42. The maximum atomic E-state index is 14.0. The highest BCUT2D eigenvalue weighted by atomic mass is 35.5. The van der Waals surface area contributed by atoms with Gasteiger partial charge in [-0.3, -0.25) is 9.88 Å². The Labute approximate surface area is 305 Å². The predicted molar refractivity (Wildman–Crippen MR) is 200 cm³/mol. The van der Waals surface area contributed by atoms with E-state index in [9.17, 15) is 9.65 Å². The first kappa shape index (κ1) is 34.4. The van der Waals surface area contributed by atoms with Gasteiger partial charge in [-0.25, -0.2) is 14.1 Å². The third-order valence-electron chi connectivity index (χ3n) is 9.46. The molecule has 10 nitrogen and oxygen atoms in total. The van der Waals surface area contributed by atoms with Crippen molar-refractivity contribution in [3.05, 3.63) is 112 Å². The number of likely N-dealkylation sites (tertiary alicyclic amines) is 1. The zero-order valence-corrected chi connectivity index (χ0v) is 30.2. The van der Waals surface area contributed by atoms with Gasteiger partial charge in [0.05, 0.1) is 45.1 Å². The van der Waals surface area contributed by atoms with Crippen LogP contribution in [-0.2, 0) is 7.05 Å². The molecule has 1 saturated heterocycles. The molecule has 260 valence electrons. The molecule has 3 aromatic heterocycles. The third-order valence-corrected chi connectivity index (χ3v) is 10.0. The van der Waals surface area contributed by atoms with E-state index in [1.165, 1.54) is 18.3 Å². The summed E-state index contributed by atoms with van der Waals surface area (Å²) < 4.78 is 17.9. The Morgan fingerprint density at radius 1 is 1.00 bits per heavy atom. The van der Waals surface area contributed by atoms with Gasteiger partial charge in [-0.2, -0.15) is 5.26 Å². The smallest absolute Gasteiger partial charge is 0.141 e. The zero-order chi connectivity index (χ0) is 35.9. The number of imidazole rings is 1. The molecule has 4 heterocycles. The summed E-state index contributed by atoms with van der Waals surface area (Å²) in [7, 11) is 1.97. The Balaban J connectivity index is 1.28. The molecular weight excluding hydrogens is 686 g/mol. The Hall–Kier alpha value is -5.02. The first-order valence-corrected chi connectivity index (χ1v) is 17.5. The van der Waals surface area contributed by atoms with Gasteiger partial charge in [-0.1, -0.05) is 46.6 Å². The molecule has 51 heavy (non-hydrogen) atoms. The maximum absolute atomic E-state index is 14.0. The number of anilines is 3. The molecule has 13 heteroatoms. The minimum Gasteiger partial charge on any atom is -0.373 e. The van der Waals surface area contributed by atoms with Gasteiger partial charge in [0.1, 0.15) is 23.4 Å². The number of hydrogen-bond acceptors (Lipinski definition) is 8. The number of hydrogen-bond donors (Lipinski definition) is 2. The van der Waals surface area contributed by atoms with E-state index in [1.807, 2.05) is 59.0 Å².